The minimum Gasteiger partial charge on any atom is -0.343 e. The first kappa shape index (κ1) is 11.2. The molecule has 0 radical (unpaired) electrons. The summed E-state index contributed by atoms with van der Waals surface area (Å²) >= 11 is 0. The number of carbonyl (C=O) groups is 2. The molecule has 0 aromatic heterocycles. The first-order chi connectivity index (χ1) is 7.65. The van der Waals surface area contributed by atoms with Gasteiger partial charge in [-0.15, -0.1) is 0 Å². The highest BCUT2D eigenvalue weighted by molar-refractivity contribution is 5.96. The lowest BCUT2D eigenvalue weighted by atomic mass is 10.0. The number of piperazine rings is 1. The highest BCUT2D eigenvalue weighted by Crippen LogP contribution is 2.23. The van der Waals surface area contributed by atoms with Crippen LogP contribution in [0.2, 0.25) is 0 Å². The van der Waals surface area contributed by atoms with Gasteiger partial charge in [0.1, 0.15) is 12.1 Å². The van der Waals surface area contributed by atoms with Gasteiger partial charge >= 0.3 is 0 Å². The average molecular weight is 222 g/mol. The van der Waals surface area contributed by atoms with Gasteiger partial charge < -0.3 is 10.2 Å². The molecule has 2 rings (SSSR count). The second-order valence-corrected chi connectivity index (χ2v) is 4.49. The normalized spacial score (nSPS) is 31.0. The van der Waals surface area contributed by atoms with E-state index in [-0.39, 0.29) is 29.9 Å². The molecule has 1 N–H and O–H groups in total. The smallest absolute Gasteiger partial charge is 0.246 e. The minimum atomic E-state index is -0.333. The van der Waals surface area contributed by atoms with Crippen LogP contribution in [0.15, 0.2) is 12.2 Å². The monoisotopic (exact) mass is 222 g/mol. The van der Waals surface area contributed by atoms with Gasteiger partial charge in [-0.05, 0) is 26.2 Å². The molecular weight excluding hydrogens is 204 g/mol. The molecule has 0 aromatic carbocycles. The quantitative estimate of drug-likeness (QED) is 0.704. The van der Waals surface area contributed by atoms with Gasteiger partial charge in [0.15, 0.2) is 0 Å². The van der Waals surface area contributed by atoms with Crippen LogP contribution in [-0.2, 0) is 9.59 Å². The summed E-state index contributed by atoms with van der Waals surface area (Å²) in [5, 5.41) is 2.77. The van der Waals surface area contributed by atoms with E-state index in [0.717, 1.165) is 12.8 Å². The standard InChI is InChI=1S/C12H18N2O2/c1-3-10-12(16)14(8(2)11(15)13-10)9-6-4-5-7-9/h4-5,8-10H,3,6-7H2,1-2H3,(H,13,15). The van der Waals surface area contributed by atoms with E-state index in [4.69, 9.17) is 0 Å². The number of amides is 2. The Kier molecular flexibility index (Phi) is 2.99. The number of hydrogen-bond donors (Lipinski definition) is 1. The molecule has 16 heavy (non-hydrogen) atoms. The first-order valence-corrected chi connectivity index (χ1v) is 5.92. The van der Waals surface area contributed by atoms with Crippen molar-refractivity contribution in [2.24, 2.45) is 0 Å². The molecule has 1 aliphatic heterocycles. The van der Waals surface area contributed by atoms with Crippen molar-refractivity contribution in [2.75, 3.05) is 0 Å². The van der Waals surface area contributed by atoms with Crippen molar-refractivity contribution in [2.45, 2.75) is 51.2 Å². The van der Waals surface area contributed by atoms with Crippen LogP contribution in [0, 0.1) is 0 Å². The fourth-order valence-corrected chi connectivity index (χ4v) is 2.45. The van der Waals surface area contributed by atoms with E-state index in [0.29, 0.717) is 6.42 Å². The number of rotatable bonds is 2. The zero-order valence-corrected chi connectivity index (χ0v) is 9.77. The van der Waals surface area contributed by atoms with Gasteiger partial charge in [0.25, 0.3) is 0 Å². The van der Waals surface area contributed by atoms with Crippen LogP contribution >= 0.6 is 0 Å². The zero-order valence-electron chi connectivity index (χ0n) is 9.77. The fourth-order valence-electron chi connectivity index (χ4n) is 2.45. The zero-order chi connectivity index (χ0) is 11.7. The SMILES string of the molecule is CCC1NC(=O)C(C)N(C2CC=CC2)C1=O. The van der Waals surface area contributed by atoms with Crippen molar-refractivity contribution in [1.29, 1.82) is 0 Å². The van der Waals surface area contributed by atoms with Gasteiger partial charge in [0, 0.05) is 6.04 Å². The second-order valence-electron chi connectivity index (χ2n) is 4.49. The number of nitrogens with zero attached hydrogens (tertiary/aromatic N) is 1. The third-order valence-electron chi connectivity index (χ3n) is 3.45. The Balaban J connectivity index is 2.18. The van der Waals surface area contributed by atoms with E-state index < -0.39 is 0 Å². The Morgan fingerprint density at radius 2 is 2.00 bits per heavy atom. The first-order valence-electron chi connectivity index (χ1n) is 5.92. The molecule has 2 unspecified atom stereocenters. The molecule has 2 amide bonds. The van der Waals surface area contributed by atoms with E-state index >= 15 is 0 Å². The summed E-state index contributed by atoms with van der Waals surface area (Å²) in [6.07, 6.45) is 6.57. The number of carbonyl (C=O) groups excluding carboxylic acids is 2. The van der Waals surface area contributed by atoms with Crippen molar-refractivity contribution in [3.8, 4) is 0 Å². The Labute approximate surface area is 95.7 Å². The van der Waals surface area contributed by atoms with Crippen molar-refractivity contribution in [3.05, 3.63) is 12.2 Å². The molecule has 1 fully saturated rings. The van der Waals surface area contributed by atoms with Crippen molar-refractivity contribution in [3.63, 3.8) is 0 Å². The summed E-state index contributed by atoms with van der Waals surface area (Å²) in [6.45, 7) is 3.72. The summed E-state index contributed by atoms with van der Waals surface area (Å²) in [6, 6.07) is -0.480. The molecule has 4 heteroatoms. The van der Waals surface area contributed by atoms with Crippen LogP contribution in [-0.4, -0.2) is 34.8 Å². The van der Waals surface area contributed by atoms with Crippen LogP contribution in [0.1, 0.15) is 33.1 Å². The van der Waals surface area contributed by atoms with Crippen molar-refractivity contribution >= 4 is 11.8 Å². The van der Waals surface area contributed by atoms with Gasteiger partial charge in [-0.25, -0.2) is 0 Å². The highest BCUT2D eigenvalue weighted by atomic mass is 16.2. The van der Waals surface area contributed by atoms with Crippen molar-refractivity contribution in [1.82, 2.24) is 10.2 Å². The molecule has 88 valence electrons. The van der Waals surface area contributed by atoms with Crippen LogP contribution in [0.3, 0.4) is 0 Å². The topological polar surface area (TPSA) is 49.4 Å². The molecule has 4 nitrogen and oxygen atoms in total. The lowest BCUT2D eigenvalue weighted by Gasteiger charge is -2.40. The summed E-state index contributed by atoms with van der Waals surface area (Å²) < 4.78 is 0. The fraction of sp³-hybridized carbons (Fsp3) is 0.667. The Hall–Kier alpha value is -1.32. The molecule has 1 heterocycles. The van der Waals surface area contributed by atoms with Gasteiger partial charge in [-0.3, -0.25) is 9.59 Å². The largest absolute Gasteiger partial charge is 0.343 e. The Morgan fingerprint density at radius 1 is 1.38 bits per heavy atom. The molecule has 0 saturated carbocycles. The van der Waals surface area contributed by atoms with Crippen molar-refractivity contribution < 1.29 is 9.59 Å². The maximum Gasteiger partial charge on any atom is 0.246 e. The molecule has 0 aromatic rings. The highest BCUT2D eigenvalue weighted by Gasteiger charge is 2.40. The predicted octanol–water partition coefficient (Wildman–Crippen LogP) is 0.830. The summed E-state index contributed by atoms with van der Waals surface area (Å²) in [7, 11) is 0. The van der Waals surface area contributed by atoms with Crippen LogP contribution < -0.4 is 5.32 Å². The molecule has 0 spiro atoms. The average Bonchev–Trinajstić information content (AvgIpc) is 2.77. The molecule has 2 atom stereocenters. The third-order valence-corrected chi connectivity index (χ3v) is 3.45. The maximum atomic E-state index is 12.2. The van der Waals surface area contributed by atoms with Gasteiger partial charge in [0.05, 0.1) is 0 Å². The van der Waals surface area contributed by atoms with Crippen LogP contribution in [0.25, 0.3) is 0 Å². The van der Waals surface area contributed by atoms with Gasteiger partial charge in [-0.2, -0.15) is 0 Å². The summed E-state index contributed by atoms with van der Waals surface area (Å²) in [5.41, 5.74) is 0. The predicted molar refractivity (Wildman–Crippen MR) is 60.7 cm³/mol. The number of hydrogen-bond acceptors (Lipinski definition) is 2. The molecule has 2 aliphatic rings. The minimum absolute atomic E-state index is 0.0293. The number of nitrogens with one attached hydrogen (secondary N) is 1. The van der Waals surface area contributed by atoms with Crippen LogP contribution in [0.4, 0.5) is 0 Å². The third kappa shape index (κ3) is 1.72. The molecule has 1 saturated heterocycles. The van der Waals surface area contributed by atoms with E-state index in [9.17, 15) is 9.59 Å². The van der Waals surface area contributed by atoms with Gasteiger partial charge in [-0.1, -0.05) is 19.1 Å². The maximum absolute atomic E-state index is 12.2. The van der Waals surface area contributed by atoms with Crippen LogP contribution in [0.5, 0.6) is 0 Å². The second kappa shape index (κ2) is 4.28. The summed E-state index contributed by atoms with van der Waals surface area (Å²) in [5.74, 6) is 0.0432. The van der Waals surface area contributed by atoms with E-state index in [1.807, 2.05) is 6.92 Å². The Morgan fingerprint density at radius 3 is 2.56 bits per heavy atom. The lowest BCUT2D eigenvalue weighted by molar-refractivity contribution is -0.151. The summed E-state index contributed by atoms with van der Waals surface area (Å²) in [4.78, 5) is 25.7. The van der Waals surface area contributed by atoms with E-state index in [2.05, 4.69) is 17.5 Å². The van der Waals surface area contributed by atoms with E-state index in [1.54, 1.807) is 11.8 Å². The molecular formula is C12H18N2O2. The molecule has 0 bridgehead atoms. The molecule has 1 aliphatic carbocycles. The Bertz CT molecular complexity index is 330. The van der Waals surface area contributed by atoms with E-state index in [1.165, 1.54) is 0 Å². The lowest BCUT2D eigenvalue weighted by Crippen LogP contribution is -2.64. The van der Waals surface area contributed by atoms with Gasteiger partial charge in [0.2, 0.25) is 11.8 Å².